The van der Waals surface area contributed by atoms with Crippen LogP contribution in [0.1, 0.15) is 95.9 Å². The van der Waals surface area contributed by atoms with Gasteiger partial charge < -0.3 is 9.73 Å². The first-order valence-electron chi connectivity index (χ1n) is 12.0. The van der Waals surface area contributed by atoms with Gasteiger partial charge in [-0.25, -0.2) is 4.98 Å². The van der Waals surface area contributed by atoms with E-state index in [2.05, 4.69) is 10.3 Å². The molecule has 168 valence electrons. The Hall–Kier alpha value is -2.43. The van der Waals surface area contributed by atoms with E-state index in [-0.39, 0.29) is 11.9 Å². The van der Waals surface area contributed by atoms with Crippen LogP contribution in [-0.2, 0) is 9.59 Å². The maximum atomic E-state index is 12.8. The largest absolute Gasteiger partial charge is 0.438 e. The van der Waals surface area contributed by atoms with Crippen molar-refractivity contribution in [3.63, 3.8) is 0 Å². The average molecular weight is 425 g/mol. The molecule has 0 aliphatic heterocycles. The van der Waals surface area contributed by atoms with Crippen LogP contribution in [0.4, 0.5) is 0 Å². The first-order chi connectivity index (χ1) is 15.2. The molecule has 1 fully saturated rings. The molecule has 1 aromatic carbocycles. The van der Waals surface area contributed by atoms with Crippen LogP contribution in [0.15, 0.2) is 40.9 Å². The van der Waals surface area contributed by atoms with E-state index in [0.717, 1.165) is 49.8 Å². The summed E-state index contributed by atoms with van der Waals surface area (Å²) in [5.74, 6) is 2.20. The van der Waals surface area contributed by atoms with Crippen molar-refractivity contribution < 1.29 is 14.0 Å². The summed E-state index contributed by atoms with van der Waals surface area (Å²) in [7, 11) is 0. The number of hydrogen-bond acceptors (Lipinski definition) is 4. The lowest BCUT2D eigenvalue weighted by Crippen LogP contribution is -2.30. The Morgan fingerprint density at radius 3 is 2.61 bits per heavy atom. The average Bonchev–Trinajstić information content (AvgIpc) is 3.29. The predicted octanol–water partition coefficient (Wildman–Crippen LogP) is 6.40. The fourth-order valence-electron chi connectivity index (χ4n) is 4.37. The molecule has 1 unspecified atom stereocenters. The monoisotopic (exact) mass is 424 g/mol. The van der Waals surface area contributed by atoms with Crippen molar-refractivity contribution in [3.8, 4) is 11.3 Å². The number of rotatable bonds is 12. The Morgan fingerprint density at radius 2 is 1.87 bits per heavy atom. The molecule has 1 atom stereocenters. The molecule has 5 heteroatoms. The van der Waals surface area contributed by atoms with Crippen LogP contribution in [0.3, 0.4) is 0 Å². The molecule has 31 heavy (non-hydrogen) atoms. The molecule has 1 aliphatic carbocycles. The lowest BCUT2D eigenvalue weighted by molar-refractivity contribution is -0.123. The number of nitrogens with zero attached hydrogens (tertiary/aromatic N) is 1. The van der Waals surface area contributed by atoms with E-state index >= 15 is 0 Å². The third-order valence-electron chi connectivity index (χ3n) is 6.26. The van der Waals surface area contributed by atoms with Crippen LogP contribution >= 0.6 is 0 Å². The number of nitrogens with one attached hydrogen (secondary N) is 1. The predicted molar refractivity (Wildman–Crippen MR) is 122 cm³/mol. The lowest BCUT2D eigenvalue weighted by atomic mass is 9.87. The van der Waals surface area contributed by atoms with Crippen molar-refractivity contribution in [2.75, 3.05) is 0 Å². The maximum Gasteiger partial charge on any atom is 0.220 e. The minimum Gasteiger partial charge on any atom is -0.438 e. The highest BCUT2D eigenvalue weighted by Crippen LogP contribution is 2.28. The lowest BCUT2D eigenvalue weighted by Gasteiger charge is -2.22. The minimum absolute atomic E-state index is 0.0949. The summed E-state index contributed by atoms with van der Waals surface area (Å²) < 4.78 is 6.06. The van der Waals surface area contributed by atoms with Crippen LogP contribution in [0.2, 0.25) is 0 Å². The SMILES string of the molecule is CCC(=O)CCCCCC(NC(=O)CC1CCCCC1)c1ncc(-c2ccccc2)o1. The number of carbonyl (C=O) groups is 2. The van der Waals surface area contributed by atoms with Crippen LogP contribution in [0.5, 0.6) is 0 Å². The first kappa shape index (κ1) is 23.2. The van der Waals surface area contributed by atoms with E-state index in [9.17, 15) is 9.59 Å². The zero-order chi connectivity index (χ0) is 21.9. The third kappa shape index (κ3) is 7.64. The van der Waals surface area contributed by atoms with Gasteiger partial charge in [0.05, 0.1) is 6.20 Å². The van der Waals surface area contributed by atoms with Gasteiger partial charge in [-0.2, -0.15) is 0 Å². The summed E-state index contributed by atoms with van der Waals surface area (Å²) in [4.78, 5) is 28.8. The summed E-state index contributed by atoms with van der Waals surface area (Å²) in [6, 6.07) is 9.67. The van der Waals surface area contributed by atoms with Crippen molar-refractivity contribution in [3.05, 3.63) is 42.4 Å². The van der Waals surface area contributed by atoms with Crippen molar-refractivity contribution in [1.29, 1.82) is 0 Å². The van der Waals surface area contributed by atoms with Gasteiger partial charge in [0, 0.05) is 24.8 Å². The summed E-state index contributed by atoms with van der Waals surface area (Å²) in [6.45, 7) is 1.91. The summed E-state index contributed by atoms with van der Waals surface area (Å²) >= 11 is 0. The second kappa shape index (κ2) is 12.4. The quantitative estimate of drug-likeness (QED) is 0.400. The van der Waals surface area contributed by atoms with Gasteiger partial charge in [0.15, 0.2) is 5.76 Å². The van der Waals surface area contributed by atoms with Crippen LogP contribution < -0.4 is 5.32 Å². The van der Waals surface area contributed by atoms with Gasteiger partial charge in [-0.15, -0.1) is 0 Å². The third-order valence-corrected chi connectivity index (χ3v) is 6.26. The van der Waals surface area contributed by atoms with Gasteiger partial charge in [0.25, 0.3) is 0 Å². The second-order valence-electron chi connectivity index (χ2n) is 8.75. The molecule has 0 radical (unpaired) electrons. The molecule has 3 rings (SSSR count). The number of ketones is 1. The van der Waals surface area contributed by atoms with Crippen molar-refractivity contribution >= 4 is 11.7 Å². The highest BCUT2D eigenvalue weighted by molar-refractivity contribution is 5.78. The van der Waals surface area contributed by atoms with Gasteiger partial charge >= 0.3 is 0 Å². The molecule has 1 N–H and O–H groups in total. The zero-order valence-corrected chi connectivity index (χ0v) is 18.8. The molecule has 2 aromatic rings. The normalized spacial score (nSPS) is 15.5. The number of amides is 1. The molecule has 1 aromatic heterocycles. The molecule has 0 bridgehead atoms. The number of benzene rings is 1. The Morgan fingerprint density at radius 1 is 1.10 bits per heavy atom. The molecule has 1 aliphatic rings. The maximum absolute atomic E-state index is 12.8. The van der Waals surface area contributed by atoms with E-state index in [1.807, 2.05) is 37.3 Å². The van der Waals surface area contributed by atoms with E-state index < -0.39 is 0 Å². The molecular formula is C26H36N2O3. The Labute approximate surface area is 186 Å². The van der Waals surface area contributed by atoms with E-state index in [1.54, 1.807) is 6.20 Å². The Bertz CT molecular complexity index is 809. The summed E-state index contributed by atoms with van der Waals surface area (Å²) in [5.41, 5.74) is 0.978. The first-order valence-corrected chi connectivity index (χ1v) is 12.0. The minimum atomic E-state index is -0.226. The van der Waals surface area contributed by atoms with Crippen LogP contribution in [0, 0.1) is 5.92 Å². The fourth-order valence-corrected chi connectivity index (χ4v) is 4.37. The zero-order valence-electron chi connectivity index (χ0n) is 18.8. The highest BCUT2D eigenvalue weighted by atomic mass is 16.4. The van der Waals surface area contributed by atoms with Crippen molar-refractivity contribution in [2.24, 2.45) is 5.92 Å². The van der Waals surface area contributed by atoms with Gasteiger partial charge in [-0.1, -0.05) is 69.4 Å². The second-order valence-corrected chi connectivity index (χ2v) is 8.75. The molecule has 0 spiro atoms. The topological polar surface area (TPSA) is 72.2 Å². The number of Topliss-reactive ketones (excluding diaryl/α,β-unsaturated/α-hetero) is 1. The van der Waals surface area contributed by atoms with Crippen LogP contribution in [-0.4, -0.2) is 16.7 Å². The molecule has 1 amide bonds. The summed E-state index contributed by atoms with van der Waals surface area (Å²) in [6.07, 6.45) is 13.2. The number of aromatic nitrogens is 1. The number of carbonyl (C=O) groups excluding carboxylic acids is 2. The van der Waals surface area contributed by atoms with E-state index in [0.29, 0.717) is 36.9 Å². The van der Waals surface area contributed by atoms with Gasteiger partial charge in [0.1, 0.15) is 11.8 Å². The van der Waals surface area contributed by atoms with Crippen molar-refractivity contribution in [1.82, 2.24) is 10.3 Å². The Balaban J connectivity index is 1.60. The smallest absolute Gasteiger partial charge is 0.220 e. The number of oxazole rings is 1. The number of unbranched alkanes of at least 4 members (excludes halogenated alkanes) is 2. The Kier molecular flexibility index (Phi) is 9.32. The van der Waals surface area contributed by atoms with Gasteiger partial charge in [0.2, 0.25) is 11.8 Å². The van der Waals surface area contributed by atoms with E-state index in [1.165, 1.54) is 19.3 Å². The molecule has 1 saturated carbocycles. The molecule has 5 nitrogen and oxygen atoms in total. The van der Waals surface area contributed by atoms with Gasteiger partial charge in [-0.3, -0.25) is 9.59 Å². The molecule has 1 heterocycles. The molecular weight excluding hydrogens is 388 g/mol. The van der Waals surface area contributed by atoms with Crippen molar-refractivity contribution in [2.45, 2.75) is 90.0 Å². The highest BCUT2D eigenvalue weighted by Gasteiger charge is 2.23. The van der Waals surface area contributed by atoms with E-state index in [4.69, 9.17) is 4.42 Å². The number of hydrogen-bond donors (Lipinski definition) is 1. The van der Waals surface area contributed by atoms with Gasteiger partial charge in [-0.05, 0) is 31.6 Å². The summed E-state index contributed by atoms with van der Waals surface area (Å²) in [5, 5.41) is 3.19. The fraction of sp³-hybridized carbons (Fsp3) is 0.577. The standard InChI is InChI=1S/C26H36N2O3/c1-2-22(29)16-10-5-11-17-23(28-25(30)18-20-12-6-3-7-13-20)26-27-19-24(31-26)21-14-8-4-9-15-21/h4,8-9,14-15,19-20,23H,2-3,5-7,10-13,16-18H2,1H3,(H,28,30). The van der Waals surface area contributed by atoms with Crippen LogP contribution in [0.25, 0.3) is 11.3 Å². The molecule has 0 saturated heterocycles.